The molecule has 154 valence electrons. The monoisotopic (exact) mass is 384 g/mol. The SMILES string of the molecule is O=C(CCCCC(=O)N1CCCC2CCCC=C21)N1CCC2CCCC=C2C1. The molecule has 0 spiro atoms. The molecule has 4 heteroatoms. The molecule has 0 saturated carbocycles. The number of carbonyl (C=O) groups excluding carboxylic acids is 2. The van der Waals surface area contributed by atoms with Crippen LogP contribution in [0.4, 0.5) is 0 Å². The second-order valence-electron chi connectivity index (χ2n) is 9.16. The average Bonchev–Trinajstić information content (AvgIpc) is 2.75. The van der Waals surface area contributed by atoms with Gasteiger partial charge in [-0.2, -0.15) is 0 Å². The Hall–Kier alpha value is -1.58. The van der Waals surface area contributed by atoms with Crippen LogP contribution in [0.5, 0.6) is 0 Å². The normalized spacial score (nSPS) is 27.4. The minimum atomic E-state index is 0.276. The first-order chi connectivity index (χ1) is 13.7. The van der Waals surface area contributed by atoms with Crippen molar-refractivity contribution < 1.29 is 9.59 Å². The first-order valence-electron chi connectivity index (χ1n) is 11.7. The maximum atomic E-state index is 12.7. The van der Waals surface area contributed by atoms with Crippen LogP contribution in [-0.4, -0.2) is 41.2 Å². The summed E-state index contributed by atoms with van der Waals surface area (Å²) in [5.41, 5.74) is 2.81. The molecule has 28 heavy (non-hydrogen) atoms. The molecule has 0 aromatic carbocycles. The van der Waals surface area contributed by atoms with Gasteiger partial charge < -0.3 is 9.80 Å². The minimum Gasteiger partial charge on any atom is -0.339 e. The van der Waals surface area contributed by atoms with Crippen LogP contribution in [0, 0.1) is 11.8 Å². The van der Waals surface area contributed by atoms with Crippen LogP contribution in [0.15, 0.2) is 23.4 Å². The first-order valence-corrected chi connectivity index (χ1v) is 11.7. The lowest BCUT2D eigenvalue weighted by Crippen LogP contribution is -2.40. The molecule has 0 aromatic heterocycles. The van der Waals surface area contributed by atoms with Crippen LogP contribution in [0.3, 0.4) is 0 Å². The Morgan fingerprint density at radius 2 is 1.54 bits per heavy atom. The molecule has 0 aromatic rings. The van der Waals surface area contributed by atoms with E-state index < -0.39 is 0 Å². The lowest BCUT2D eigenvalue weighted by Gasteiger charge is -2.38. The Labute approximate surface area is 170 Å². The topological polar surface area (TPSA) is 40.6 Å². The van der Waals surface area contributed by atoms with E-state index in [1.54, 1.807) is 0 Å². The summed E-state index contributed by atoms with van der Waals surface area (Å²) in [7, 11) is 0. The molecule has 2 saturated heterocycles. The third-order valence-electron chi connectivity index (χ3n) is 7.27. The Morgan fingerprint density at radius 3 is 2.39 bits per heavy atom. The second kappa shape index (κ2) is 9.28. The van der Waals surface area contributed by atoms with Crippen LogP contribution in [0.2, 0.25) is 0 Å². The largest absolute Gasteiger partial charge is 0.339 e. The number of likely N-dealkylation sites (tertiary alicyclic amines) is 2. The molecule has 4 rings (SSSR count). The molecule has 2 aliphatic heterocycles. The standard InChI is InChI=1S/C24H36N2O2/c27-23(25-17-15-19-8-1-2-10-21(19)18-25)13-5-6-14-24(28)26-16-7-11-20-9-3-4-12-22(20)26/h10,12,19-20H,1-9,11,13-18H2. The molecule has 2 amide bonds. The van der Waals surface area contributed by atoms with Gasteiger partial charge in [-0.15, -0.1) is 0 Å². The smallest absolute Gasteiger partial charge is 0.226 e. The van der Waals surface area contributed by atoms with Crippen molar-refractivity contribution >= 4 is 11.8 Å². The predicted octanol–water partition coefficient (Wildman–Crippen LogP) is 4.81. The van der Waals surface area contributed by atoms with Gasteiger partial charge in [0.15, 0.2) is 0 Å². The molecule has 2 heterocycles. The van der Waals surface area contributed by atoms with Gasteiger partial charge in [0.1, 0.15) is 0 Å². The highest BCUT2D eigenvalue weighted by Crippen LogP contribution is 2.35. The highest BCUT2D eigenvalue weighted by molar-refractivity contribution is 5.79. The number of piperidine rings is 2. The van der Waals surface area contributed by atoms with Crippen LogP contribution in [0.25, 0.3) is 0 Å². The van der Waals surface area contributed by atoms with Crippen molar-refractivity contribution in [2.75, 3.05) is 19.6 Å². The summed E-state index contributed by atoms with van der Waals surface area (Å²) in [6.45, 7) is 2.67. The zero-order chi connectivity index (χ0) is 19.3. The summed E-state index contributed by atoms with van der Waals surface area (Å²) in [5, 5.41) is 0. The van der Waals surface area contributed by atoms with Gasteiger partial charge in [-0.05, 0) is 82.5 Å². The zero-order valence-electron chi connectivity index (χ0n) is 17.3. The van der Waals surface area contributed by atoms with Crippen molar-refractivity contribution in [3.05, 3.63) is 23.4 Å². The van der Waals surface area contributed by atoms with Gasteiger partial charge in [0.25, 0.3) is 0 Å². The number of nitrogens with zero attached hydrogens (tertiary/aromatic N) is 2. The fraction of sp³-hybridized carbons (Fsp3) is 0.750. The number of amides is 2. The highest BCUT2D eigenvalue weighted by atomic mass is 16.2. The van der Waals surface area contributed by atoms with Gasteiger partial charge in [0, 0.05) is 38.2 Å². The average molecular weight is 385 g/mol. The van der Waals surface area contributed by atoms with E-state index in [9.17, 15) is 9.59 Å². The van der Waals surface area contributed by atoms with Gasteiger partial charge in [-0.25, -0.2) is 0 Å². The number of allylic oxidation sites excluding steroid dienone is 3. The van der Waals surface area contributed by atoms with E-state index in [2.05, 4.69) is 22.0 Å². The summed E-state index contributed by atoms with van der Waals surface area (Å²) in [6, 6.07) is 0. The Kier molecular flexibility index (Phi) is 6.54. The molecule has 2 atom stereocenters. The van der Waals surface area contributed by atoms with E-state index in [1.165, 1.54) is 49.8 Å². The molecule has 0 bridgehead atoms. The maximum Gasteiger partial charge on any atom is 0.226 e. The summed E-state index contributed by atoms with van der Waals surface area (Å²) >= 11 is 0. The predicted molar refractivity (Wildman–Crippen MR) is 111 cm³/mol. The third kappa shape index (κ3) is 4.52. The van der Waals surface area contributed by atoms with Crippen molar-refractivity contribution in [1.29, 1.82) is 0 Å². The van der Waals surface area contributed by atoms with Crippen molar-refractivity contribution in [2.45, 2.75) is 83.5 Å². The number of hydrogen-bond donors (Lipinski definition) is 0. The molecule has 0 N–H and O–H groups in total. The molecular formula is C24H36N2O2. The van der Waals surface area contributed by atoms with Gasteiger partial charge in [-0.3, -0.25) is 9.59 Å². The lowest BCUT2D eigenvalue weighted by atomic mass is 9.82. The van der Waals surface area contributed by atoms with E-state index in [0.717, 1.165) is 57.7 Å². The third-order valence-corrected chi connectivity index (χ3v) is 7.27. The summed E-state index contributed by atoms with van der Waals surface area (Å²) in [6.07, 6.45) is 18.5. The van der Waals surface area contributed by atoms with Crippen molar-refractivity contribution in [3.63, 3.8) is 0 Å². The zero-order valence-corrected chi connectivity index (χ0v) is 17.3. The Balaban J connectivity index is 1.19. The minimum absolute atomic E-state index is 0.276. The van der Waals surface area contributed by atoms with Crippen molar-refractivity contribution in [1.82, 2.24) is 9.80 Å². The summed E-state index contributed by atoms with van der Waals surface area (Å²) < 4.78 is 0. The van der Waals surface area contributed by atoms with Crippen LogP contribution in [-0.2, 0) is 9.59 Å². The highest BCUT2D eigenvalue weighted by Gasteiger charge is 2.30. The van der Waals surface area contributed by atoms with E-state index in [1.807, 2.05) is 0 Å². The fourth-order valence-corrected chi connectivity index (χ4v) is 5.64. The van der Waals surface area contributed by atoms with E-state index >= 15 is 0 Å². The summed E-state index contributed by atoms with van der Waals surface area (Å²) in [4.78, 5) is 29.5. The number of rotatable bonds is 5. The molecule has 4 aliphatic rings. The van der Waals surface area contributed by atoms with Crippen LogP contribution in [0.1, 0.15) is 83.5 Å². The molecule has 2 aliphatic carbocycles. The fourth-order valence-electron chi connectivity index (χ4n) is 5.64. The first kappa shape index (κ1) is 19.7. The van der Waals surface area contributed by atoms with Gasteiger partial charge in [-0.1, -0.05) is 17.7 Å². The number of fused-ring (bicyclic) bond motifs is 2. The molecule has 2 fully saturated rings. The molecule has 4 nitrogen and oxygen atoms in total. The van der Waals surface area contributed by atoms with Crippen LogP contribution >= 0.6 is 0 Å². The number of hydrogen-bond acceptors (Lipinski definition) is 2. The van der Waals surface area contributed by atoms with Gasteiger partial charge in [0.2, 0.25) is 11.8 Å². The molecule has 0 radical (unpaired) electrons. The Morgan fingerprint density at radius 1 is 0.821 bits per heavy atom. The van der Waals surface area contributed by atoms with Gasteiger partial charge >= 0.3 is 0 Å². The molecular weight excluding hydrogens is 348 g/mol. The van der Waals surface area contributed by atoms with Crippen LogP contribution < -0.4 is 0 Å². The van der Waals surface area contributed by atoms with Gasteiger partial charge in [0.05, 0.1) is 0 Å². The number of carbonyl (C=O) groups is 2. The number of unbranched alkanes of at least 4 members (excludes halogenated alkanes) is 1. The van der Waals surface area contributed by atoms with Crippen molar-refractivity contribution in [3.8, 4) is 0 Å². The lowest BCUT2D eigenvalue weighted by molar-refractivity contribution is -0.133. The Bertz CT molecular complexity index is 651. The quantitative estimate of drug-likeness (QED) is 0.504. The van der Waals surface area contributed by atoms with Crippen molar-refractivity contribution in [2.24, 2.45) is 11.8 Å². The summed E-state index contributed by atoms with van der Waals surface area (Å²) in [5.74, 6) is 1.91. The van der Waals surface area contributed by atoms with E-state index in [4.69, 9.17) is 0 Å². The molecule has 2 unspecified atom stereocenters. The second-order valence-corrected chi connectivity index (χ2v) is 9.16. The van der Waals surface area contributed by atoms with E-state index in [-0.39, 0.29) is 11.8 Å². The van der Waals surface area contributed by atoms with E-state index in [0.29, 0.717) is 18.8 Å². The maximum absolute atomic E-state index is 12.7.